The summed E-state index contributed by atoms with van der Waals surface area (Å²) in [7, 11) is 3.02. The first-order chi connectivity index (χ1) is 9.04. The number of hydrogen-bond acceptors (Lipinski definition) is 5. The van der Waals surface area contributed by atoms with Gasteiger partial charge in [0, 0.05) is 12.7 Å². The van der Waals surface area contributed by atoms with Crippen molar-refractivity contribution in [2.75, 3.05) is 20.8 Å². The van der Waals surface area contributed by atoms with Crippen LogP contribution in [0.4, 0.5) is 0 Å². The van der Waals surface area contributed by atoms with Crippen LogP contribution < -0.4 is 4.74 Å². The van der Waals surface area contributed by atoms with Crippen molar-refractivity contribution in [3.8, 4) is 5.75 Å². The SMILES string of the molecule is CCOC(=O)C(=O)c1cc(Br)c(OC)cc1COC. The van der Waals surface area contributed by atoms with E-state index in [0.29, 0.717) is 15.8 Å². The zero-order chi connectivity index (χ0) is 14.4. The van der Waals surface area contributed by atoms with E-state index in [1.807, 2.05) is 0 Å². The summed E-state index contributed by atoms with van der Waals surface area (Å²) in [5.74, 6) is -1.01. The third-order valence-corrected chi connectivity index (χ3v) is 3.00. The molecule has 0 amide bonds. The third-order valence-electron chi connectivity index (χ3n) is 2.38. The van der Waals surface area contributed by atoms with E-state index >= 15 is 0 Å². The van der Waals surface area contributed by atoms with E-state index in [1.165, 1.54) is 20.3 Å². The lowest BCUT2D eigenvalue weighted by Crippen LogP contribution is -2.19. The molecule has 0 unspecified atom stereocenters. The molecule has 1 rings (SSSR count). The van der Waals surface area contributed by atoms with Gasteiger partial charge >= 0.3 is 5.97 Å². The highest BCUT2D eigenvalue weighted by Gasteiger charge is 2.22. The average molecular weight is 331 g/mol. The summed E-state index contributed by atoms with van der Waals surface area (Å²) in [5, 5.41) is 0. The fraction of sp³-hybridized carbons (Fsp3) is 0.385. The summed E-state index contributed by atoms with van der Waals surface area (Å²) in [6.07, 6.45) is 0. The summed E-state index contributed by atoms with van der Waals surface area (Å²) in [6, 6.07) is 3.19. The summed E-state index contributed by atoms with van der Waals surface area (Å²) >= 11 is 3.28. The van der Waals surface area contributed by atoms with E-state index < -0.39 is 11.8 Å². The highest BCUT2D eigenvalue weighted by Crippen LogP contribution is 2.29. The monoisotopic (exact) mass is 330 g/mol. The van der Waals surface area contributed by atoms with Crippen LogP contribution in [0.2, 0.25) is 0 Å². The lowest BCUT2D eigenvalue weighted by molar-refractivity contribution is -0.137. The standard InChI is InChI=1S/C13H15BrO5/c1-4-19-13(16)12(15)9-6-10(14)11(18-3)5-8(9)7-17-2/h5-6H,4,7H2,1-3H3. The van der Waals surface area contributed by atoms with Gasteiger partial charge in [-0.15, -0.1) is 0 Å². The van der Waals surface area contributed by atoms with Crippen LogP contribution in [0.1, 0.15) is 22.8 Å². The Morgan fingerprint density at radius 3 is 2.47 bits per heavy atom. The molecular weight excluding hydrogens is 316 g/mol. The number of rotatable bonds is 6. The number of ether oxygens (including phenoxy) is 3. The second kappa shape index (κ2) is 7.25. The predicted molar refractivity (Wildman–Crippen MR) is 72.4 cm³/mol. The Morgan fingerprint density at radius 1 is 1.26 bits per heavy atom. The second-order valence-corrected chi connectivity index (χ2v) is 4.48. The van der Waals surface area contributed by atoms with E-state index in [2.05, 4.69) is 15.9 Å². The number of Topliss-reactive ketones (excluding diaryl/α,β-unsaturated/α-hetero) is 1. The minimum absolute atomic E-state index is 0.154. The highest BCUT2D eigenvalue weighted by atomic mass is 79.9. The maximum absolute atomic E-state index is 12.0. The van der Waals surface area contributed by atoms with Crippen molar-refractivity contribution in [1.29, 1.82) is 0 Å². The largest absolute Gasteiger partial charge is 0.496 e. The van der Waals surface area contributed by atoms with Crippen LogP contribution in [0.5, 0.6) is 5.75 Å². The number of carbonyl (C=O) groups excluding carboxylic acids is 2. The predicted octanol–water partition coefficient (Wildman–Crippen LogP) is 2.35. The van der Waals surface area contributed by atoms with E-state index in [1.54, 1.807) is 13.0 Å². The van der Waals surface area contributed by atoms with E-state index in [-0.39, 0.29) is 18.8 Å². The van der Waals surface area contributed by atoms with Crippen molar-refractivity contribution in [2.24, 2.45) is 0 Å². The van der Waals surface area contributed by atoms with E-state index in [9.17, 15) is 9.59 Å². The third kappa shape index (κ3) is 3.78. The Bertz CT molecular complexity index is 484. The second-order valence-electron chi connectivity index (χ2n) is 3.63. The molecule has 19 heavy (non-hydrogen) atoms. The Kier molecular flexibility index (Phi) is 5.98. The number of carbonyl (C=O) groups is 2. The van der Waals surface area contributed by atoms with Gasteiger partial charge in [0.2, 0.25) is 0 Å². The van der Waals surface area contributed by atoms with Gasteiger partial charge in [-0.1, -0.05) is 0 Å². The average Bonchev–Trinajstić information content (AvgIpc) is 2.40. The van der Waals surface area contributed by atoms with Crippen LogP contribution in [0.15, 0.2) is 16.6 Å². The van der Waals surface area contributed by atoms with E-state index in [0.717, 1.165) is 0 Å². The molecule has 0 fully saturated rings. The fourth-order valence-electron chi connectivity index (χ4n) is 1.54. The van der Waals surface area contributed by atoms with Gasteiger partial charge in [-0.05, 0) is 40.5 Å². The molecule has 0 aliphatic heterocycles. The van der Waals surface area contributed by atoms with Gasteiger partial charge in [0.15, 0.2) is 0 Å². The van der Waals surface area contributed by atoms with Gasteiger partial charge in [-0.25, -0.2) is 4.79 Å². The fourth-order valence-corrected chi connectivity index (χ4v) is 2.05. The van der Waals surface area contributed by atoms with Crippen LogP contribution >= 0.6 is 15.9 Å². The number of hydrogen-bond donors (Lipinski definition) is 0. The Labute approximate surface area is 120 Å². The molecule has 0 bridgehead atoms. The molecule has 0 heterocycles. The van der Waals surface area contributed by atoms with Gasteiger partial charge in [-0.2, -0.15) is 0 Å². The first kappa shape index (κ1) is 15.7. The number of benzene rings is 1. The molecule has 6 heteroatoms. The molecule has 0 saturated carbocycles. The van der Waals surface area contributed by atoms with Gasteiger partial charge in [0.1, 0.15) is 5.75 Å². The molecule has 104 valence electrons. The Morgan fingerprint density at radius 2 is 1.95 bits per heavy atom. The lowest BCUT2D eigenvalue weighted by Gasteiger charge is -2.11. The Balaban J connectivity index is 3.21. The first-order valence-corrected chi connectivity index (χ1v) is 6.41. The first-order valence-electron chi connectivity index (χ1n) is 5.61. The molecule has 0 aromatic heterocycles. The minimum atomic E-state index is -0.878. The van der Waals surface area contributed by atoms with Crippen LogP contribution in [-0.2, 0) is 20.9 Å². The van der Waals surface area contributed by atoms with Crippen LogP contribution in [0.25, 0.3) is 0 Å². The number of methoxy groups -OCH3 is 2. The zero-order valence-electron chi connectivity index (χ0n) is 11.0. The van der Waals surface area contributed by atoms with Crippen molar-refractivity contribution in [1.82, 2.24) is 0 Å². The molecule has 0 radical (unpaired) electrons. The summed E-state index contributed by atoms with van der Waals surface area (Å²) in [5.41, 5.74) is 0.813. The topological polar surface area (TPSA) is 61.8 Å². The smallest absolute Gasteiger partial charge is 0.379 e. The quantitative estimate of drug-likeness (QED) is 0.455. The molecule has 0 spiro atoms. The van der Waals surface area contributed by atoms with Gasteiger partial charge in [0.25, 0.3) is 5.78 Å². The van der Waals surface area contributed by atoms with Crippen molar-refractivity contribution in [3.63, 3.8) is 0 Å². The Hall–Kier alpha value is -1.40. The number of ketones is 1. The van der Waals surface area contributed by atoms with Crippen LogP contribution in [-0.4, -0.2) is 32.6 Å². The van der Waals surface area contributed by atoms with Gasteiger partial charge in [0.05, 0.1) is 24.8 Å². The maximum atomic E-state index is 12.0. The lowest BCUT2D eigenvalue weighted by atomic mass is 10.0. The molecular formula is C13H15BrO5. The van der Waals surface area contributed by atoms with Gasteiger partial charge < -0.3 is 14.2 Å². The van der Waals surface area contributed by atoms with Crippen molar-refractivity contribution < 1.29 is 23.8 Å². The van der Waals surface area contributed by atoms with Crippen LogP contribution in [0, 0.1) is 0 Å². The molecule has 0 aliphatic rings. The zero-order valence-corrected chi connectivity index (χ0v) is 12.6. The molecule has 0 atom stereocenters. The van der Waals surface area contributed by atoms with Gasteiger partial charge in [-0.3, -0.25) is 4.79 Å². The number of esters is 1. The van der Waals surface area contributed by atoms with Crippen LogP contribution in [0.3, 0.4) is 0 Å². The molecule has 5 nitrogen and oxygen atoms in total. The highest BCUT2D eigenvalue weighted by molar-refractivity contribution is 9.10. The summed E-state index contributed by atoms with van der Waals surface area (Å²) in [6.45, 7) is 2.00. The molecule has 1 aromatic carbocycles. The van der Waals surface area contributed by atoms with Crippen molar-refractivity contribution >= 4 is 27.7 Å². The normalized spacial score (nSPS) is 10.1. The summed E-state index contributed by atoms with van der Waals surface area (Å²) in [4.78, 5) is 23.5. The summed E-state index contributed by atoms with van der Waals surface area (Å²) < 4.78 is 15.5. The van der Waals surface area contributed by atoms with Crippen molar-refractivity contribution in [2.45, 2.75) is 13.5 Å². The van der Waals surface area contributed by atoms with E-state index in [4.69, 9.17) is 14.2 Å². The van der Waals surface area contributed by atoms with Crippen molar-refractivity contribution in [3.05, 3.63) is 27.7 Å². The number of halogens is 1. The maximum Gasteiger partial charge on any atom is 0.379 e. The molecule has 0 saturated heterocycles. The molecule has 0 aliphatic carbocycles. The molecule has 1 aromatic rings. The molecule has 0 N–H and O–H groups in total. The minimum Gasteiger partial charge on any atom is -0.496 e.